The van der Waals surface area contributed by atoms with Crippen LogP contribution in [0.15, 0.2) is 24.5 Å². The number of nitrogens with zero attached hydrogens (tertiary/aromatic N) is 6. The van der Waals surface area contributed by atoms with Gasteiger partial charge in [-0.3, -0.25) is 4.98 Å². The van der Waals surface area contributed by atoms with Gasteiger partial charge in [0, 0.05) is 41.7 Å². The molecule has 1 aliphatic carbocycles. The highest BCUT2D eigenvalue weighted by Crippen LogP contribution is 2.40. The molecule has 0 aromatic carbocycles. The molecule has 8 heteroatoms. The number of hydrogen-bond donors (Lipinski definition) is 1. The monoisotopic (exact) mass is 417 g/mol. The third-order valence-electron chi connectivity index (χ3n) is 6.04. The van der Waals surface area contributed by atoms with Crippen LogP contribution in [0.3, 0.4) is 0 Å². The van der Waals surface area contributed by atoms with Crippen LogP contribution in [-0.4, -0.2) is 35.8 Å². The van der Waals surface area contributed by atoms with E-state index in [0.29, 0.717) is 0 Å². The summed E-state index contributed by atoms with van der Waals surface area (Å²) >= 11 is 1.83. The lowest BCUT2D eigenvalue weighted by atomic mass is 10.1. The highest BCUT2D eigenvalue weighted by Gasteiger charge is 2.26. The molecule has 0 radical (unpaired) electrons. The van der Waals surface area contributed by atoms with Gasteiger partial charge in [-0.1, -0.05) is 6.92 Å². The normalized spacial score (nSPS) is 17.8. The zero-order valence-corrected chi connectivity index (χ0v) is 17.7. The van der Waals surface area contributed by atoms with Gasteiger partial charge in [0.1, 0.15) is 16.5 Å². The highest BCUT2D eigenvalue weighted by atomic mass is 32.1. The van der Waals surface area contributed by atoms with Crippen LogP contribution in [0.25, 0.3) is 21.6 Å². The maximum Gasteiger partial charge on any atom is 0.164 e. The number of anilines is 1. The Labute approximate surface area is 178 Å². The Bertz CT molecular complexity index is 1230. The number of aromatic nitrogens is 6. The summed E-state index contributed by atoms with van der Waals surface area (Å²) in [4.78, 5) is 21.4. The van der Waals surface area contributed by atoms with Crippen LogP contribution in [0.4, 0.5) is 5.82 Å². The van der Waals surface area contributed by atoms with Gasteiger partial charge in [0.2, 0.25) is 0 Å². The standard InChI is InChI=1S/C22H23N7S/c1-2-17-25-18-9-8-14(12-29(18)28-17)24-21-19-15-6-3-7-16(15)30-22(19)27-20(26-21)13-5-4-10-23-11-13/h4-5,10-11,14H,2-3,6-9,12H2,1H3,(H,24,26,27). The maximum atomic E-state index is 4.99. The van der Waals surface area contributed by atoms with Crippen molar-refractivity contribution in [2.24, 2.45) is 0 Å². The average Bonchev–Trinajstić information content (AvgIpc) is 3.47. The van der Waals surface area contributed by atoms with Crippen LogP contribution in [-0.2, 0) is 32.2 Å². The van der Waals surface area contributed by atoms with Crippen molar-refractivity contribution in [2.45, 2.75) is 58.0 Å². The summed E-state index contributed by atoms with van der Waals surface area (Å²) < 4.78 is 2.07. The van der Waals surface area contributed by atoms with E-state index in [2.05, 4.69) is 32.0 Å². The van der Waals surface area contributed by atoms with Crippen molar-refractivity contribution in [3.05, 3.63) is 46.6 Å². The van der Waals surface area contributed by atoms with Crippen molar-refractivity contribution >= 4 is 27.4 Å². The SMILES string of the molecule is CCc1nc2n(n1)CC(Nc1nc(-c3cccnc3)nc3sc4c(c13)CCC4)CC2. The van der Waals surface area contributed by atoms with E-state index in [0.717, 1.165) is 72.3 Å². The Morgan fingerprint density at radius 1 is 1.20 bits per heavy atom. The number of pyridine rings is 1. The van der Waals surface area contributed by atoms with Gasteiger partial charge in [0.25, 0.3) is 0 Å². The average molecular weight is 418 g/mol. The third-order valence-corrected chi connectivity index (χ3v) is 7.23. The second-order valence-corrected chi connectivity index (χ2v) is 9.12. The van der Waals surface area contributed by atoms with Crippen molar-refractivity contribution in [1.82, 2.24) is 29.7 Å². The maximum absolute atomic E-state index is 4.99. The molecule has 0 fully saturated rings. The van der Waals surface area contributed by atoms with Crippen LogP contribution >= 0.6 is 11.3 Å². The number of thiophene rings is 1. The van der Waals surface area contributed by atoms with Gasteiger partial charge in [0.05, 0.1) is 11.9 Å². The minimum absolute atomic E-state index is 0.278. The predicted octanol–water partition coefficient (Wildman–Crippen LogP) is 3.82. The van der Waals surface area contributed by atoms with Crippen LogP contribution < -0.4 is 5.32 Å². The molecule has 1 atom stereocenters. The van der Waals surface area contributed by atoms with E-state index < -0.39 is 0 Å². The Morgan fingerprint density at radius 3 is 3.03 bits per heavy atom. The number of aryl methyl sites for hydroxylation is 4. The summed E-state index contributed by atoms with van der Waals surface area (Å²) in [5, 5.41) is 9.65. The summed E-state index contributed by atoms with van der Waals surface area (Å²) in [5.74, 6) is 3.74. The Kier molecular flexibility index (Phi) is 4.26. The van der Waals surface area contributed by atoms with E-state index in [1.165, 1.54) is 22.2 Å². The van der Waals surface area contributed by atoms with Crippen LogP contribution in [0, 0.1) is 0 Å². The molecule has 30 heavy (non-hydrogen) atoms. The van der Waals surface area contributed by atoms with Crippen molar-refractivity contribution in [2.75, 3.05) is 5.32 Å². The Morgan fingerprint density at radius 2 is 2.17 bits per heavy atom. The predicted molar refractivity (Wildman–Crippen MR) is 118 cm³/mol. The minimum atomic E-state index is 0.278. The summed E-state index contributed by atoms with van der Waals surface area (Å²) in [6.45, 7) is 2.92. The second kappa shape index (κ2) is 7.12. The molecule has 2 aliphatic rings. The first-order valence-electron chi connectivity index (χ1n) is 10.7. The molecule has 7 nitrogen and oxygen atoms in total. The number of nitrogens with one attached hydrogen (secondary N) is 1. The first kappa shape index (κ1) is 17.9. The van der Waals surface area contributed by atoms with Crippen LogP contribution in [0.1, 0.15) is 41.9 Å². The molecule has 152 valence electrons. The number of rotatable bonds is 4. The molecule has 0 spiro atoms. The zero-order valence-electron chi connectivity index (χ0n) is 16.9. The van der Waals surface area contributed by atoms with Crippen LogP contribution in [0.5, 0.6) is 0 Å². The van der Waals surface area contributed by atoms with Crippen molar-refractivity contribution in [3.63, 3.8) is 0 Å². The lowest BCUT2D eigenvalue weighted by Gasteiger charge is -2.24. The van der Waals surface area contributed by atoms with E-state index in [1.807, 2.05) is 29.7 Å². The van der Waals surface area contributed by atoms with Gasteiger partial charge in [-0.25, -0.2) is 19.6 Å². The van der Waals surface area contributed by atoms with E-state index in [1.54, 1.807) is 6.20 Å². The fourth-order valence-electron chi connectivity index (χ4n) is 4.55. The summed E-state index contributed by atoms with van der Waals surface area (Å²) in [7, 11) is 0. The zero-order chi connectivity index (χ0) is 20.1. The molecule has 1 unspecified atom stereocenters. The molecular weight excluding hydrogens is 394 g/mol. The van der Waals surface area contributed by atoms with Crippen LogP contribution in [0.2, 0.25) is 0 Å². The fourth-order valence-corrected chi connectivity index (χ4v) is 5.81. The van der Waals surface area contributed by atoms with E-state index in [4.69, 9.17) is 9.97 Å². The fraction of sp³-hybridized carbons (Fsp3) is 0.409. The summed E-state index contributed by atoms with van der Waals surface area (Å²) in [6, 6.07) is 4.23. The first-order chi connectivity index (χ1) is 14.8. The highest BCUT2D eigenvalue weighted by molar-refractivity contribution is 7.19. The smallest absolute Gasteiger partial charge is 0.164 e. The van der Waals surface area contributed by atoms with E-state index >= 15 is 0 Å². The van der Waals surface area contributed by atoms with Gasteiger partial charge in [-0.15, -0.1) is 11.3 Å². The lowest BCUT2D eigenvalue weighted by Crippen LogP contribution is -2.32. The first-order valence-corrected chi connectivity index (χ1v) is 11.5. The molecule has 0 bridgehead atoms. The van der Waals surface area contributed by atoms with Crippen molar-refractivity contribution in [3.8, 4) is 11.4 Å². The van der Waals surface area contributed by atoms with Gasteiger partial charge in [-0.05, 0) is 43.4 Å². The molecule has 1 N–H and O–H groups in total. The molecule has 5 heterocycles. The summed E-state index contributed by atoms with van der Waals surface area (Å²) in [6.07, 6.45) is 9.97. The molecule has 4 aromatic heterocycles. The molecular formula is C22H23N7S. The van der Waals surface area contributed by atoms with Gasteiger partial charge < -0.3 is 5.32 Å². The van der Waals surface area contributed by atoms with Gasteiger partial charge in [-0.2, -0.15) is 5.10 Å². The van der Waals surface area contributed by atoms with E-state index in [-0.39, 0.29) is 6.04 Å². The van der Waals surface area contributed by atoms with Crippen molar-refractivity contribution < 1.29 is 0 Å². The topological polar surface area (TPSA) is 81.4 Å². The molecule has 0 saturated heterocycles. The molecule has 0 amide bonds. The third kappa shape index (κ3) is 2.98. The molecule has 0 saturated carbocycles. The number of fused-ring (bicyclic) bond motifs is 4. The molecule has 6 rings (SSSR count). The Hall–Kier alpha value is -2.87. The quantitative estimate of drug-likeness (QED) is 0.544. The molecule has 1 aliphatic heterocycles. The van der Waals surface area contributed by atoms with Gasteiger partial charge in [0.15, 0.2) is 11.6 Å². The van der Waals surface area contributed by atoms with E-state index in [9.17, 15) is 0 Å². The lowest BCUT2D eigenvalue weighted by molar-refractivity contribution is 0.440. The second-order valence-electron chi connectivity index (χ2n) is 8.03. The largest absolute Gasteiger partial charge is 0.365 e. The summed E-state index contributed by atoms with van der Waals surface area (Å²) in [5.41, 5.74) is 2.39. The van der Waals surface area contributed by atoms with Crippen molar-refractivity contribution in [1.29, 1.82) is 0 Å². The number of hydrogen-bond acceptors (Lipinski definition) is 7. The molecule has 4 aromatic rings. The Balaban J connectivity index is 1.40. The minimum Gasteiger partial charge on any atom is -0.365 e. The van der Waals surface area contributed by atoms with Gasteiger partial charge >= 0.3 is 0 Å².